The predicted octanol–water partition coefficient (Wildman–Crippen LogP) is 2.72. The molecule has 0 aromatic carbocycles. The van der Waals surface area contributed by atoms with E-state index in [2.05, 4.69) is 15.2 Å². The highest BCUT2D eigenvalue weighted by atomic mass is 16.7. The highest BCUT2D eigenvalue weighted by molar-refractivity contribution is 5.94. The second-order valence-electron chi connectivity index (χ2n) is 20.1. The summed E-state index contributed by atoms with van der Waals surface area (Å²) in [6, 6.07) is 0.825. The van der Waals surface area contributed by atoms with Crippen LogP contribution >= 0.6 is 0 Å². The van der Waals surface area contributed by atoms with E-state index in [0.29, 0.717) is 37.2 Å². The number of esters is 1. The van der Waals surface area contributed by atoms with E-state index in [1.807, 2.05) is 46.8 Å². The molecule has 1 aromatic heterocycles. The Morgan fingerprint density at radius 1 is 1.02 bits per heavy atom. The van der Waals surface area contributed by atoms with Crippen molar-refractivity contribution >= 4 is 17.6 Å². The van der Waals surface area contributed by atoms with E-state index in [1.165, 1.54) is 26.4 Å². The molecule has 0 unspecified atom stereocenters. The lowest BCUT2D eigenvalue weighted by Gasteiger charge is -2.49. The Balaban J connectivity index is 1.75. The van der Waals surface area contributed by atoms with Crippen LogP contribution in [0.25, 0.3) is 0 Å². The number of hydrogen-bond acceptors (Lipinski definition) is 17. The van der Waals surface area contributed by atoms with Crippen LogP contribution in [0.3, 0.4) is 0 Å². The van der Waals surface area contributed by atoms with Crippen molar-refractivity contribution in [3.05, 3.63) is 24.0 Å². The molecule has 18 heteroatoms. The zero-order valence-electron chi connectivity index (χ0n) is 41.4. The molecule has 374 valence electrons. The van der Waals surface area contributed by atoms with Gasteiger partial charge in [-0.2, -0.15) is 0 Å². The van der Waals surface area contributed by atoms with Gasteiger partial charge in [0, 0.05) is 63.6 Å². The minimum atomic E-state index is -1.83. The first-order valence-corrected chi connectivity index (χ1v) is 23.4. The maximum absolute atomic E-state index is 14.5. The number of amides is 1. The summed E-state index contributed by atoms with van der Waals surface area (Å²) in [5, 5.41) is 50.4. The van der Waals surface area contributed by atoms with Gasteiger partial charge in [0.15, 0.2) is 12.6 Å². The minimum absolute atomic E-state index is 0.113. The van der Waals surface area contributed by atoms with Crippen LogP contribution < -0.4 is 11.1 Å². The number of anilines is 1. The Morgan fingerprint density at radius 3 is 2.31 bits per heavy atom. The standard InChI is InChI=1S/C47H83N5O13/c1-15-35-47(10,58)39(53)30(6)52(13)25-26(2)21-45(8,57)41(28(4)37(29(5)43(56)63-35)64-36-22-46(9,59-14)40(54)31(7)62-36)65-44-38(34(51(11)12)19-27(3)61-44)60-18-16-17-50-42(55)32-20-33(48)24-49-23-32/h20,23-24,26-31,34-41,44,53-54,57-58H,15-19,21-22,25,48H2,1-14H3,(H,50,55)/t26-,27-,28+,29-,30-,31+,34+,35-,36+,37+,38-,39-,40+,41-,44+,45-,46-,47-/m1/s1. The van der Waals surface area contributed by atoms with Gasteiger partial charge in [-0.25, -0.2) is 0 Å². The molecule has 0 aliphatic carbocycles. The molecule has 3 fully saturated rings. The Morgan fingerprint density at radius 2 is 1.69 bits per heavy atom. The van der Waals surface area contributed by atoms with Crippen molar-refractivity contribution in [1.82, 2.24) is 20.1 Å². The molecule has 0 bridgehead atoms. The van der Waals surface area contributed by atoms with Crippen LogP contribution in [-0.4, -0.2) is 185 Å². The lowest BCUT2D eigenvalue weighted by atomic mass is 9.77. The van der Waals surface area contributed by atoms with Crippen molar-refractivity contribution in [3.63, 3.8) is 0 Å². The highest BCUT2D eigenvalue weighted by Crippen LogP contribution is 2.40. The second-order valence-corrected chi connectivity index (χ2v) is 20.1. The first-order valence-electron chi connectivity index (χ1n) is 23.4. The molecule has 18 nitrogen and oxygen atoms in total. The number of methoxy groups -OCH3 is 1. The predicted molar refractivity (Wildman–Crippen MR) is 244 cm³/mol. The van der Waals surface area contributed by atoms with Crippen LogP contribution in [0.15, 0.2) is 18.5 Å². The number of nitrogens with two attached hydrogens (primary N) is 1. The average molecular weight is 926 g/mol. The number of carbonyl (C=O) groups is 2. The Bertz CT molecular complexity index is 1670. The lowest BCUT2D eigenvalue weighted by Crippen LogP contribution is -2.61. The molecule has 1 amide bonds. The summed E-state index contributed by atoms with van der Waals surface area (Å²) in [5.41, 5.74) is 2.10. The summed E-state index contributed by atoms with van der Waals surface area (Å²) >= 11 is 0. The number of nitrogen functional groups attached to an aromatic ring is 1. The van der Waals surface area contributed by atoms with E-state index in [9.17, 15) is 30.0 Å². The Hall–Kier alpha value is -2.59. The molecule has 7 N–H and O–H groups in total. The second kappa shape index (κ2) is 23.1. The molecule has 1 aromatic rings. The number of hydrogen-bond donors (Lipinski definition) is 6. The quantitative estimate of drug-likeness (QED) is 0.123. The van der Waals surface area contributed by atoms with Gasteiger partial charge in [-0.1, -0.05) is 20.8 Å². The van der Waals surface area contributed by atoms with Crippen LogP contribution in [0, 0.1) is 17.8 Å². The fourth-order valence-electron chi connectivity index (χ4n) is 10.1. The fraction of sp³-hybridized carbons (Fsp3) is 0.851. The van der Waals surface area contributed by atoms with Crippen LogP contribution in [0.4, 0.5) is 5.69 Å². The van der Waals surface area contributed by atoms with E-state index in [1.54, 1.807) is 47.6 Å². The van der Waals surface area contributed by atoms with Gasteiger partial charge in [0.2, 0.25) is 0 Å². The van der Waals surface area contributed by atoms with Gasteiger partial charge in [-0.15, -0.1) is 0 Å². The molecule has 0 saturated carbocycles. The van der Waals surface area contributed by atoms with Gasteiger partial charge in [-0.3, -0.25) is 14.6 Å². The summed E-state index contributed by atoms with van der Waals surface area (Å²) in [6.07, 6.45) is -4.52. The van der Waals surface area contributed by atoms with Crippen molar-refractivity contribution in [3.8, 4) is 0 Å². The highest BCUT2D eigenvalue weighted by Gasteiger charge is 2.53. The topological polar surface area (TPSA) is 237 Å². The Kier molecular flexibility index (Phi) is 19.6. The molecular weight excluding hydrogens is 843 g/mol. The SMILES string of the molecule is CC[C@H]1OC(=O)[C@H](C)[C@@H](O[C@H]2C[C@@](C)(OC)[C@@H](O)[C@H](C)O2)[C@H](C)[C@@H](O[C@@H]2O[C@H](C)C[C@H](N(C)C)[C@H]2OCCCNC(=O)c2cncc(N)c2)[C@](C)(O)C[C@@H](C)CN(C)[C@H](C)[C@@H](O)[C@]1(C)O. The summed E-state index contributed by atoms with van der Waals surface area (Å²) in [7, 11) is 7.28. The molecule has 4 heterocycles. The van der Waals surface area contributed by atoms with Gasteiger partial charge in [0.05, 0.1) is 52.8 Å². The van der Waals surface area contributed by atoms with Gasteiger partial charge in [0.25, 0.3) is 5.91 Å². The number of nitrogens with one attached hydrogen (secondary N) is 1. The van der Waals surface area contributed by atoms with Crippen LogP contribution in [0.2, 0.25) is 0 Å². The van der Waals surface area contributed by atoms with Crippen molar-refractivity contribution in [2.24, 2.45) is 17.8 Å². The van der Waals surface area contributed by atoms with Gasteiger partial charge in [-0.05, 0) is 107 Å². The van der Waals surface area contributed by atoms with Crippen molar-refractivity contribution in [2.75, 3.05) is 53.7 Å². The maximum Gasteiger partial charge on any atom is 0.311 e. The number of likely N-dealkylation sites (N-methyl/N-ethyl adjacent to an activating group) is 2. The number of nitrogens with zero attached hydrogens (tertiary/aromatic N) is 3. The summed E-state index contributed by atoms with van der Waals surface area (Å²) in [4.78, 5) is 35.3. The van der Waals surface area contributed by atoms with Crippen molar-refractivity contribution < 1.29 is 63.2 Å². The molecule has 0 radical (unpaired) electrons. The van der Waals surface area contributed by atoms with Gasteiger partial charge < -0.3 is 74.4 Å². The van der Waals surface area contributed by atoms with E-state index in [4.69, 9.17) is 38.9 Å². The smallest absolute Gasteiger partial charge is 0.311 e. The Labute approximate surface area is 387 Å². The number of cyclic esters (lactones) is 1. The van der Waals surface area contributed by atoms with Crippen molar-refractivity contribution in [1.29, 1.82) is 0 Å². The minimum Gasteiger partial charge on any atom is -0.459 e. The molecule has 3 saturated heterocycles. The molecule has 3 aliphatic rings. The van der Waals surface area contributed by atoms with E-state index in [0.717, 1.165) is 0 Å². The number of carbonyl (C=O) groups excluding carboxylic acids is 2. The van der Waals surface area contributed by atoms with E-state index < -0.39 is 96.0 Å². The maximum atomic E-state index is 14.5. The number of aliphatic hydroxyl groups is 4. The largest absolute Gasteiger partial charge is 0.459 e. The summed E-state index contributed by atoms with van der Waals surface area (Å²) < 4.78 is 45.3. The van der Waals surface area contributed by atoms with Crippen LogP contribution in [-0.2, 0) is 38.0 Å². The molecule has 4 rings (SSSR count). The first-order chi connectivity index (χ1) is 30.3. The molecular formula is C47H83N5O13. The third-order valence-corrected chi connectivity index (χ3v) is 14.1. The summed E-state index contributed by atoms with van der Waals surface area (Å²) in [5.74, 6) is -2.99. The number of aliphatic hydroxyl groups excluding tert-OH is 2. The first kappa shape index (κ1) is 55.0. The third kappa shape index (κ3) is 13.6. The van der Waals surface area contributed by atoms with Gasteiger partial charge >= 0.3 is 5.97 Å². The number of ether oxygens (including phenoxy) is 7. The zero-order chi connectivity index (χ0) is 48.8. The van der Waals surface area contributed by atoms with E-state index >= 15 is 0 Å². The fourth-order valence-corrected chi connectivity index (χ4v) is 10.1. The summed E-state index contributed by atoms with van der Waals surface area (Å²) in [6.45, 7) is 18.7. The van der Waals surface area contributed by atoms with Crippen LogP contribution in [0.5, 0.6) is 0 Å². The van der Waals surface area contributed by atoms with E-state index in [-0.39, 0.29) is 49.8 Å². The zero-order valence-corrected chi connectivity index (χ0v) is 41.4. The monoisotopic (exact) mass is 926 g/mol. The van der Waals surface area contributed by atoms with Gasteiger partial charge in [0.1, 0.15) is 30.0 Å². The normalized spacial score (nSPS) is 41.9. The number of aromatic nitrogens is 1. The molecule has 65 heavy (non-hydrogen) atoms. The number of rotatable bonds is 13. The average Bonchev–Trinajstić information content (AvgIpc) is 3.23. The van der Waals surface area contributed by atoms with Crippen molar-refractivity contribution in [2.45, 2.75) is 192 Å². The lowest BCUT2D eigenvalue weighted by molar-refractivity contribution is -0.321. The molecule has 18 atom stereocenters. The number of pyridine rings is 1. The molecule has 0 spiro atoms. The molecule has 3 aliphatic heterocycles. The third-order valence-electron chi connectivity index (χ3n) is 14.1. The van der Waals surface area contributed by atoms with Crippen LogP contribution in [0.1, 0.15) is 112 Å².